The topological polar surface area (TPSA) is 37.3 Å². The summed E-state index contributed by atoms with van der Waals surface area (Å²) < 4.78 is 10.2. The molecule has 0 fully saturated rings. The average Bonchev–Trinajstić information content (AvgIpc) is 1.67. The van der Waals surface area contributed by atoms with Crippen molar-refractivity contribution in [3.8, 4) is 0 Å². The van der Waals surface area contributed by atoms with Crippen LogP contribution in [-0.4, -0.2) is 9.88 Å². The van der Waals surface area contributed by atoms with Crippen molar-refractivity contribution in [1.82, 2.24) is 0 Å². The summed E-state index contributed by atoms with van der Waals surface area (Å²) in [5.74, 6) is 0. The Morgan fingerprint density at radius 3 is 2.50 bits per heavy atom. The minimum atomic E-state index is -2.36. The van der Waals surface area contributed by atoms with Gasteiger partial charge in [-0.25, -0.2) is 0 Å². The van der Waals surface area contributed by atoms with Crippen molar-refractivity contribution in [2.75, 3.05) is 0 Å². The van der Waals surface area contributed by atoms with E-state index < -0.39 is 8.03 Å². The van der Waals surface area contributed by atoms with Crippen LogP contribution in [0.4, 0.5) is 0 Å². The van der Waals surface area contributed by atoms with Crippen molar-refractivity contribution < 1.29 is 9.46 Å². The summed E-state index contributed by atoms with van der Waals surface area (Å²) in [6.45, 7) is 1.97. The average molecular weight is 154 g/mol. The van der Waals surface area contributed by atoms with Crippen LogP contribution in [0, 0.1) is 0 Å². The van der Waals surface area contributed by atoms with Gasteiger partial charge in [0, 0.05) is 0 Å². The van der Waals surface area contributed by atoms with Gasteiger partial charge in [-0.2, -0.15) is 12.6 Å². The summed E-state index contributed by atoms with van der Waals surface area (Å²) in [5, 5.41) is 0. The zero-order chi connectivity index (χ0) is 6.57. The molecule has 0 saturated carbocycles. The first-order valence-corrected chi connectivity index (χ1v) is 4.54. The number of hydrogen-bond acceptors (Lipinski definition) is 2. The van der Waals surface area contributed by atoms with Crippen molar-refractivity contribution in [2.24, 2.45) is 0 Å². The third-order valence-electron chi connectivity index (χ3n) is 0.847. The van der Waals surface area contributed by atoms with Crippen molar-refractivity contribution in [1.29, 1.82) is 0 Å². The van der Waals surface area contributed by atoms with Crippen molar-refractivity contribution in [2.45, 2.75) is 24.8 Å². The van der Waals surface area contributed by atoms with Gasteiger partial charge in [0.2, 0.25) is 8.03 Å². The molecule has 0 aliphatic carbocycles. The Hall–Kier alpha value is 0.540. The molecule has 0 rings (SSSR count). The van der Waals surface area contributed by atoms with E-state index in [9.17, 15) is 4.57 Å². The molecule has 2 atom stereocenters. The molecule has 0 spiro atoms. The highest BCUT2D eigenvalue weighted by Crippen LogP contribution is 2.28. The molecule has 50 valence electrons. The molecule has 2 nitrogen and oxygen atoms in total. The predicted octanol–water partition coefficient (Wildman–Crippen LogP) is 1.51. The summed E-state index contributed by atoms with van der Waals surface area (Å²) >= 11 is 3.89. The second-order valence-corrected chi connectivity index (χ2v) is 4.13. The van der Waals surface area contributed by atoms with Crippen LogP contribution in [0.5, 0.6) is 0 Å². The normalized spacial score (nSPS) is 17.9. The van der Waals surface area contributed by atoms with Gasteiger partial charge >= 0.3 is 0 Å². The third-order valence-corrected chi connectivity index (χ3v) is 2.63. The van der Waals surface area contributed by atoms with Crippen LogP contribution in [0.15, 0.2) is 0 Å². The molecule has 0 aromatic rings. The predicted molar refractivity (Wildman–Crippen MR) is 38.9 cm³/mol. The molecule has 8 heavy (non-hydrogen) atoms. The summed E-state index contributed by atoms with van der Waals surface area (Å²) in [4.78, 5) is 8.13. The second-order valence-electron chi connectivity index (χ2n) is 1.64. The molecule has 0 radical (unpaired) electrons. The van der Waals surface area contributed by atoms with Crippen LogP contribution in [0.25, 0.3) is 0 Å². The Labute approximate surface area is 55.6 Å². The van der Waals surface area contributed by atoms with E-state index in [0.29, 0.717) is 0 Å². The smallest absolute Gasteiger partial charge is 0.201 e. The lowest BCUT2D eigenvalue weighted by Gasteiger charge is -2.01. The number of rotatable bonds is 3. The van der Waals surface area contributed by atoms with Gasteiger partial charge in [-0.05, 0) is 6.42 Å². The first-order valence-electron chi connectivity index (χ1n) is 2.59. The largest absolute Gasteiger partial charge is 0.346 e. The minimum absolute atomic E-state index is 0.287. The molecular formula is C4H11O2PS. The Balaban J connectivity index is 3.32. The van der Waals surface area contributed by atoms with E-state index in [4.69, 9.17) is 4.89 Å². The number of hydrogen-bond donors (Lipinski definition) is 2. The molecule has 0 aliphatic heterocycles. The summed E-state index contributed by atoms with van der Waals surface area (Å²) in [7, 11) is -2.36. The fraction of sp³-hybridized carbons (Fsp3) is 1.00. The Morgan fingerprint density at radius 1 is 1.88 bits per heavy atom. The molecule has 0 saturated heterocycles. The standard InChI is InChI=1S/C4H11O2PS/c1-2-3-4(8)7(5)6/h4,7-8H,2-3H2,1H3,(H,5,6). The van der Waals surface area contributed by atoms with Gasteiger partial charge in [0.25, 0.3) is 0 Å². The van der Waals surface area contributed by atoms with Crippen molar-refractivity contribution in [3.05, 3.63) is 0 Å². The second kappa shape index (κ2) is 4.42. The lowest BCUT2D eigenvalue weighted by atomic mass is 10.4. The van der Waals surface area contributed by atoms with Gasteiger partial charge in [0.15, 0.2) is 0 Å². The van der Waals surface area contributed by atoms with E-state index in [1.54, 1.807) is 0 Å². The molecular weight excluding hydrogens is 143 g/mol. The maximum Gasteiger partial charge on any atom is 0.201 e. The fourth-order valence-corrected chi connectivity index (χ4v) is 1.19. The van der Waals surface area contributed by atoms with Crippen LogP contribution in [0.2, 0.25) is 0 Å². The van der Waals surface area contributed by atoms with Gasteiger partial charge in [0.05, 0.1) is 4.99 Å². The molecule has 1 N–H and O–H groups in total. The van der Waals surface area contributed by atoms with E-state index in [0.717, 1.165) is 12.8 Å². The monoisotopic (exact) mass is 154 g/mol. The van der Waals surface area contributed by atoms with Gasteiger partial charge < -0.3 is 4.89 Å². The third kappa shape index (κ3) is 3.53. The molecule has 0 bridgehead atoms. The van der Waals surface area contributed by atoms with Gasteiger partial charge in [-0.3, -0.25) is 4.57 Å². The van der Waals surface area contributed by atoms with Gasteiger partial charge in [-0.1, -0.05) is 13.3 Å². The molecule has 0 aliphatic rings. The van der Waals surface area contributed by atoms with Gasteiger partial charge in [0.1, 0.15) is 0 Å². The quantitative estimate of drug-likeness (QED) is 0.477. The van der Waals surface area contributed by atoms with Crippen LogP contribution in [0.1, 0.15) is 19.8 Å². The molecule has 2 unspecified atom stereocenters. The Morgan fingerprint density at radius 2 is 2.38 bits per heavy atom. The highest BCUT2D eigenvalue weighted by Gasteiger charge is 2.05. The maximum absolute atomic E-state index is 10.2. The molecule has 0 amide bonds. The Bertz CT molecular complexity index is 86.1. The summed E-state index contributed by atoms with van der Waals surface area (Å²) in [5.41, 5.74) is 0. The first kappa shape index (κ1) is 8.54. The van der Waals surface area contributed by atoms with Crippen LogP contribution in [0.3, 0.4) is 0 Å². The van der Waals surface area contributed by atoms with Crippen LogP contribution in [-0.2, 0) is 4.57 Å². The zero-order valence-electron chi connectivity index (χ0n) is 4.79. The Kier molecular flexibility index (Phi) is 4.72. The highest BCUT2D eigenvalue weighted by molar-refractivity contribution is 7.87. The lowest BCUT2D eigenvalue weighted by Crippen LogP contribution is -1.88. The fourth-order valence-electron chi connectivity index (χ4n) is 0.397. The SMILES string of the molecule is CCCC(S)[PH](=O)O. The molecule has 0 aromatic carbocycles. The highest BCUT2D eigenvalue weighted by atomic mass is 32.1. The lowest BCUT2D eigenvalue weighted by molar-refractivity contribution is 0.497. The zero-order valence-corrected chi connectivity index (χ0v) is 6.69. The van der Waals surface area contributed by atoms with Crippen LogP contribution >= 0.6 is 20.7 Å². The molecule has 0 aromatic heterocycles. The van der Waals surface area contributed by atoms with E-state index in [1.807, 2.05) is 6.92 Å². The summed E-state index contributed by atoms with van der Waals surface area (Å²) in [6.07, 6.45) is 1.66. The van der Waals surface area contributed by atoms with Crippen LogP contribution < -0.4 is 0 Å². The van der Waals surface area contributed by atoms with Gasteiger partial charge in [-0.15, -0.1) is 0 Å². The molecule has 0 heterocycles. The van der Waals surface area contributed by atoms with E-state index in [2.05, 4.69) is 12.6 Å². The van der Waals surface area contributed by atoms with E-state index in [1.165, 1.54) is 0 Å². The van der Waals surface area contributed by atoms with Crippen molar-refractivity contribution >= 4 is 20.7 Å². The number of thiol groups is 1. The summed E-state index contributed by atoms with van der Waals surface area (Å²) in [6, 6.07) is 0. The minimum Gasteiger partial charge on any atom is -0.346 e. The van der Waals surface area contributed by atoms with E-state index >= 15 is 0 Å². The molecule has 4 heteroatoms. The van der Waals surface area contributed by atoms with E-state index in [-0.39, 0.29) is 4.99 Å². The first-order chi connectivity index (χ1) is 3.68. The maximum atomic E-state index is 10.2. The van der Waals surface area contributed by atoms with Crippen molar-refractivity contribution in [3.63, 3.8) is 0 Å².